The fraction of sp³-hybridized carbons (Fsp3) is 1.00. The molecule has 0 spiro atoms. The summed E-state index contributed by atoms with van der Waals surface area (Å²) in [5.74, 6) is 0.750. The molecule has 3 unspecified atom stereocenters. The van der Waals surface area contributed by atoms with Gasteiger partial charge in [0.25, 0.3) is 0 Å². The van der Waals surface area contributed by atoms with Gasteiger partial charge in [0, 0.05) is 27.4 Å². The largest absolute Gasteiger partial charge is 0.500 e. The molecule has 0 aromatic heterocycles. The highest BCUT2D eigenvalue weighted by molar-refractivity contribution is 6.60. The first-order chi connectivity index (χ1) is 8.23. The summed E-state index contributed by atoms with van der Waals surface area (Å²) in [4.78, 5) is 0. The zero-order valence-electron chi connectivity index (χ0n) is 11.1. The second-order valence-corrected chi connectivity index (χ2v) is 8.17. The second kappa shape index (κ2) is 5.80. The van der Waals surface area contributed by atoms with Crippen molar-refractivity contribution < 1.29 is 18.0 Å². The molecule has 2 rings (SSSR count). The predicted octanol–water partition coefficient (Wildman–Crippen LogP) is 2.21. The molecule has 0 aromatic carbocycles. The maximum absolute atomic E-state index is 5.62. The lowest BCUT2D eigenvalue weighted by Crippen LogP contribution is -2.43. The Balaban J connectivity index is 1.79. The molecule has 100 valence electrons. The van der Waals surface area contributed by atoms with Crippen molar-refractivity contribution >= 4 is 8.80 Å². The van der Waals surface area contributed by atoms with Crippen LogP contribution in [0.1, 0.15) is 32.1 Å². The summed E-state index contributed by atoms with van der Waals surface area (Å²) in [7, 11) is 2.69. The third-order valence-corrected chi connectivity index (χ3v) is 6.91. The van der Waals surface area contributed by atoms with Gasteiger partial charge >= 0.3 is 8.80 Å². The molecule has 4 nitrogen and oxygen atoms in total. The van der Waals surface area contributed by atoms with Crippen LogP contribution in [0, 0.1) is 5.92 Å². The Hall–Kier alpha value is 0.0569. The standard InChI is InChI=1S/C12H24O4Si/c1-13-17(14-2,15-3)8-7-10-5-4-6-11-12(9-10)16-11/h10-12H,4-9H2,1-3H3. The van der Waals surface area contributed by atoms with E-state index in [0.29, 0.717) is 12.2 Å². The van der Waals surface area contributed by atoms with Gasteiger partial charge in [-0.15, -0.1) is 0 Å². The minimum absolute atomic E-state index is 0.547. The normalized spacial score (nSPS) is 33.0. The Morgan fingerprint density at radius 3 is 2.41 bits per heavy atom. The van der Waals surface area contributed by atoms with E-state index in [1.54, 1.807) is 21.3 Å². The third-order valence-electron chi connectivity index (χ3n) is 4.15. The van der Waals surface area contributed by atoms with Crippen LogP contribution >= 0.6 is 0 Å². The van der Waals surface area contributed by atoms with Gasteiger partial charge < -0.3 is 18.0 Å². The van der Waals surface area contributed by atoms with Crippen LogP contribution in [-0.4, -0.2) is 42.3 Å². The van der Waals surface area contributed by atoms with Gasteiger partial charge in [-0.25, -0.2) is 0 Å². The van der Waals surface area contributed by atoms with Crippen molar-refractivity contribution in [3.8, 4) is 0 Å². The van der Waals surface area contributed by atoms with Crippen LogP contribution in [-0.2, 0) is 18.0 Å². The molecule has 3 atom stereocenters. The fourth-order valence-corrected chi connectivity index (χ4v) is 4.77. The summed E-state index contributed by atoms with van der Waals surface area (Å²) in [5, 5.41) is 0. The van der Waals surface area contributed by atoms with Gasteiger partial charge in [-0.3, -0.25) is 0 Å². The molecule has 0 N–H and O–H groups in total. The highest BCUT2D eigenvalue weighted by atomic mass is 28.4. The Labute approximate surface area is 105 Å². The summed E-state index contributed by atoms with van der Waals surface area (Å²) < 4.78 is 22.0. The van der Waals surface area contributed by atoms with E-state index >= 15 is 0 Å². The van der Waals surface area contributed by atoms with Crippen LogP contribution in [0.15, 0.2) is 0 Å². The molecule has 0 amide bonds. The third kappa shape index (κ3) is 3.29. The molecule has 1 saturated carbocycles. The molecule has 1 heterocycles. The van der Waals surface area contributed by atoms with Crippen molar-refractivity contribution in [2.24, 2.45) is 5.92 Å². The van der Waals surface area contributed by atoms with Crippen LogP contribution in [0.4, 0.5) is 0 Å². The van der Waals surface area contributed by atoms with Crippen molar-refractivity contribution in [2.75, 3.05) is 21.3 Å². The molecule has 0 aromatic rings. The Kier molecular flexibility index (Phi) is 4.60. The summed E-state index contributed by atoms with van der Waals surface area (Å²) in [5.41, 5.74) is 0. The monoisotopic (exact) mass is 260 g/mol. The smallest absolute Gasteiger partial charge is 0.377 e. The van der Waals surface area contributed by atoms with E-state index in [2.05, 4.69) is 0 Å². The van der Waals surface area contributed by atoms with E-state index < -0.39 is 8.80 Å². The van der Waals surface area contributed by atoms with Crippen LogP contribution in [0.2, 0.25) is 6.04 Å². The molecular formula is C12H24O4Si. The Bertz CT molecular complexity index is 236. The average Bonchev–Trinajstić information content (AvgIpc) is 3.09. The lowest BCUT2D eigenvalue weighted by Gasteiger charge is -2.26. The van der Waals surface area contributed by atoms with E-state index in [0.717, 1.165) is 18.4 Å². The predicted molar refractivity (Wildman–Crippen MR) is 66.8 cm³/mol. The fourth-order valence-electron chi connectivity index (χ4n) is 2.89. The lowest BCUT2D eigenvalue weighted by atomic mass is 9.97. The number of fused-ring (bicyclic) bond motifs is 1. The van der Waals surface area contributed by atoms with Gasteiger partial charge in [-0.1, -0.05) is 12.8 Å². The van der Waals surface area contributed by atoms with Gasteiger partial charge in [0.1, 0.15) is 0 Å². The zero-order valence-corrected chi connectivity index (χ0v) is 12.1. The van der Waals surface area contributed by atoms with Gasteiger partial charge in [-0.2, -0.15) is 0 Å². The minimum Gasteiger partial charge on any atom is -0.377 e. The van der Waals surface area contributed by atoms with Gasteiger partial charge in [-0.05, 0) is 25.2 Å². The average molecular weight is 260 g/mol. The molecule has 1 saturated heterocycles. The first-order valence-electron chi connectivity index (χ1n) is 6.54. The topological polar surface area (TPSA) is 40.2 Å². The van der Waals surface area contributed by atoms with Gasteiger partial charge in [0.2, 0.25) is 0 Å². The second-order valence-electron chi connectivity index (χ2n) is 5.08. The Morgan fingerprint density at radius 1 is 1.06 bits per heavy atom. The Morgan fingerprint density at radius 2 is 1.76 bits per heavy atom. The van der Waals surface area contributed by atoms with E-state index in [4.69, 9.17) is 18.0 Å². The molecule has 17 heavy (non-hydrogen) atoms. The van der Waals surface area contributed by atoms with Crippen molar-refractivity contribution in [1.82, 2.24) is 0 Å². The van der Waals surface area contributed by atoms with Crippen LogP contribution in [0.25, 0.3) is 0 Å². The SMILES string of the molecule is CO[Si](CCC1CCCC2OC2C1)(OC)OC. The lowest BCUT2D eigenvalue weighted by molar-refractivity contribution is 0.120. The highest BCUT2D eigenvalue weighted by Gasteiger charge is 2.43. The molecule has 2 fully saturated rings. The first-order valence-corrected chi connectivity index (χ1v) is 8.47. The van der Waals surface area contributed by atoms with Crippen LogP contribution in [0.3, 0.4) is 0 Å². The van der Waals surface area contributed by atoms with Crippen molar-refractivity contribution in [1.29, 1.82) is 0 Å². The minimum atomic E-state index is -2.37. The maximum Gasteiger partial charge on any atom is 0.500 e. The van der Waals surface area contributed by atoms with Crippen molar-refractivity contribution in [3.63, 3.8) is 0 Å². The molecule has 0 bridgehead atoms. The number of ether oxygens (including phenoxy) is 1. The van der Waals surface area contributed by atoms with Gasteiger partial charge in [0.05, 0.1) is 12.2 Å². The van der Waals surface area contributed by atoms with E-state index in [1.165, 1.54) is 25.7 Å². The molecule has 2 aliphatic rings. The highest BCUT2D eigenvalue weighted by Crippen LogP contribution is 2.39. The molecular weight excluding hydrogens is 236 g/mol. The molecule has 0 radical (unpaired) electrons. The van der Waals surface area contributed by atoms with E-state index in [-0.39, 0.29) is 0 Å². The number of rotatable bonds is 6. The summed E-state index contributed by atoms with van der Waals surface area (Å²) in [6.45, 7) is 0. The zero-order chi connectivity index (χ0) is 12.3. The van der Waals surface area contributed by atoms with Gasteiger partial charge in [0.15, 0.2) is 0 Å². The molecule has 1 aliphatic heterocycles. The van der Waals surface area contributed by atoms with Crippen LogP contribution < -0.4 is 0 Å². The summed E-state index contributed by atoms with van der Waals surface area (Å²) in [6, 6.07) is 0.915. The van der Waals surface area contributed by atoms with Crippen molar-refractivity contribution in [3.05, 3.63) is 0 Å². The van der Waals surface area contributed by atoms with Crippen LogP contribution in [0.5, 0.6) is 0 Å². The molecule has 1 aliphatic carbocycles. The summed E-state index contributed by atoms with van der Waals surface area (Å²) in [6.07, 6.45) is 7.34. The first kappa shape index (κ1) is 13.5. The maximum atomic E-state index is 5.62. The van der Waals surface area contributed by atoms with E-state index in [1.807, 2.05) is 0 Å². The molecule has 5 heteroatoms. The number of hydrogen-bond donors (Lipinski definition) is 0. The van der Waals surface area contributed by atoms with E-state index in [9.17, 15) is 0 Å². The van der Waals surface area contributed by atoms with Crippen molar-refractivity contribution in [2.45, 2.75) is 50.4 Å². The quantitative estimate of drug-likeness (QED) is 0.542. The number of hydrogen-bond acceptors (Lipinski definition) is 4. The number of epoxide rings is 1. The summed E-state index contributed by atoms with van der Waals surface area (Å²) >= 11 is 0.